The van der Waals surface area contributed by atoms with Crippen LogP contribution >= 0.6 is 24.0 Å². The van der Waals surface area contributed by atoms with Gasteiger partial charge < -0.3 is 11.1 Å². The van der Waals surface area contributed by atoms with Gasteiger partial charge in [0.25, 0.3) is 0 Å². The lowest BCUT2D eigenvalue weighted by molar-refractivity contribution is -0.121. The van der Waals surface area contributed by atoms with E-state index in [0.29, 0.717) is 25.6 Å². The van der Waals surface area contributed by atoms with Crippen molar-refractivity contribution < 1.29 is 4.79 Å². The molecule has 0 saturated carbocycles. The Hall–Kier alpha value is -1.60. The number of carbonyl (C=O) groups excluding carboxylic acids is 1. The van der Waals surface area contributed by atoms with Crippen LogP contribution in [0, 0.1) is 6.92 Å². The molecule has 1 atom stereocenters. The third kappa shape index (κ3) is 5.95. The van der Waals surface area contributed by atoms with Gasteiger partial charge in [-0.05, 0) is 50.6 Å². The fourth-order valence-corrected chi connectivity index (χ4v) is 3.67. The normalized spacial score (nSPS) is 17.2. The molecule has 2 heterocycles. The van der Waals surface area contributed by atoms with Crippen molar-refractivity contribution in [2.24, 2.45) is 5.73 Å². The molecule has 6 nitrogen and oxygen atoms in total. The Labute approximate surface area is 177 Å². The van der Waals surface area contributed by atoms with E-state index in [0.717, 1.165) is 35.9 Å². The highest BCUT2D eigenvalue weighted by molar-refractivity contribution is 6.30. The molecule has 2 aromatic rings. The highest BCUT2D eigenvalue weighted by Crippen LogP contribution is 2.22. The summed E-state index contributed by atoms with van der Waals surface area (Å²) in [5.74, 6) is 0.0368. The molecule has 0 radical (unpaired) electrons. The third-order valence-corrected chi connectivity index (χ3v) is 5.37. The SMILES string of the molecule is Cc1nn(-c2ccc(Cl)cc2)cc1CN1CCCCC1CNC(=O)CCN.Cl. The molecule has 1 aromatic carbocycles. The van der Waals surface area contributed by atoms with Crippen molar-refractivity contribution in [1.29, 1.82) is 0 Å². The van der Waals surface area contributed by atoms with Gasteiger partial charge in [-0.3, -0.25) is 9.69 Å². The van der Waals surface area contributed by atoms with Gasteiger partial charge in [0.2, 0.25) is 5.91 Å². The highest BCUT2D eigenvalue weighted by Gasteiger charge is 2.24. The molecule has 1 fully saturated rings. The number of rotatable bonds is 7. The predicted molar refractivity (Wildman–Crippen MR) is 115 cm³/mol. The van der Waals surface area contributed by atoms with Crippen LogP contribution in [-0.2, 0) is 11.3 Å². The highest BCUT2D eigenvalue weighted by atomic mass is 35.5. The molecule has 1 aromatic heterocycles. The summed E-state index contributed by atoms with van der Waals surface area (Å²) < 4.78 is 1.91. The van der Waals surface area contributed by atoms with Gasteiger partial charge >= 0.3 is 0 Å². The molecule has 1 aliphatic heterocycles. The Morgan fingerprint density at radius 3 is 2.79 bits per heavy atom. The van der Waals surface area contributed by atoms with Gasteiger partial charge in [-0.15, -0.1) is 12.4 Å². The van der Waals surface area contributed by atoms with Crippen LogP contribution in [0.15, 0.2) is 30.5 Å². The van der Waals surface area contributed by atoms with Crippen LogP contribution < -0.4 is 11.1 Å². The predicted octanol–water partition coefficient (Wildman–Crippen LogP) is 3.08. The number of hydrogen-bond acceptors (Lipinski definition) is 4. The first kappa shape index (κ1) is 22.7. The molecule has 3 rings (SSSR count). The number of nitrogens with two attached hydrogens (primary N) is 1. The molecule has 0 spiro atoms. The van der Waals surface area contributed by atoms with E-state index in [1.807, 2.05) is 35.9 Å². The molecule has 0 bridgehead atoms. The maximum Gasteiger partial charge on any atom is 0.221 e. The number of hydrogen-bond donors (Lipinski definition) is 2. The van der Waals surface area contributed by atoms with Crippen LogP contribution in [0.1, 0.15) is 36.9 Å². The van der Waals surface area contributed by atoms with E-state index in [1.54, 1.807) is 0 Å². The van der Waals surface area contributed by atoms with Crippen LogP contribution in [0.2, 0.25) is 5.02 Å². The van der Waals surface area contributed by atoms with Crippen molar-refractivity contribution in [1.82, 2.24) is 20.0 Å². The lowest BCUT2D eigenvalue weighted by Gasteiger charge is -2.35. The second kappa shape index (κ2) is 10.8. The van der Waals surface area contributed by atoms with Crippen molar-refractivity contribution in [3.05, 3.63) is 46.7 Å². The molecular weight excluding hydrogens is 397 g/mol. The summed E-state index contributed by atoms with van der Waals surface area (Å²) in [7, 11) is 0. The van der Waals surface area contributed by atoms with Gasteiger partial charge in [-0.2, -0.15) is 5.10 Å². The Bertz CT molecular complexity index is 762. The molecular formula is C20H29Cl2N5O. The smallest absolute Gasteiger partial charge is 0.221 e. The average molecular weight is 426 g/mol. The summed E-state index contributed by atoms with van der Waals surface area (Å²) in [6.45, 7) is 5.01. The topological polar surface area (TPSA) is 76.2 Å². The number of nitrogens with one attached hydrogen (secondary N) is 1. The molecule has 28 heavy (non-hydrogen) atoms. The summed E-state index contributed by atoms with van der Waals surface area (Å²) in [5, 5.41) is 8.41. The van der Waals surface area contributed by atoms with Crippen molar-refractivity contribution >= 4 is 29.9 Å². The van der Waals surface area contributed by atoms with Crippen molar-refractivity contribution in [3.63, 3.8) is 0 Å². The standard InChI is InChI=1S/C20H28ClN5O.ClH/c1-15-16(14-26(24-15)18-7-5-17(21)6-8-18)13-25-11-3-2-4-19(25)12-23-20(27)9-10-22;/h5-8,14,19H,2-4,9-13,22H2,1H3,(H,23,27);1H. The van der Waals surface area contributed by atoms with Crippen LogP contribution in [0.4, 0.5) is 0 Å². The second-order valence-corrected chi connectivity index (χ2v) is 7.56. The first-order valence-corrected chi connectivity index (χ1v) is 9.96. The summed E-state index contributed by atoms with van der Waals surface area (Å²) in [6.07, 6.45) is 5.98. The van der Waals surface area contributed by atoms with Crippen LogP contribution in [0.5, 0.6) is 0 Å². The van der Waals surface area contributed by atoms with Crippen LogP contribution in [-0.4, -0.2) is 46.3 Å². The fourth-order valence-electron chi connectivity index (χ4n) is 3.55. The molecule has 1 amide bonds. The van der Waals surface area contributed by atoms with Gasteiger partial charge in [0, 0.05) is 48.9 Å². The molecule has 8 heteroatoms. The zero-order valence-electron chi connectivity index (χ0n) is 16.2. The molecule has 154 valence electrons. The first-order valence-electron chi connectivity index (χ1n) is 9.58. The third-order valence-electron chi connectivity index (χ3n) is 5.12. The molecule has 1 saturated heterocycles. The summed E-state index contributed by atoms with van der Waals surface area (Å²) in [4.78, 5) is 14.2. The van der Waals surface area contributed by atoms with Gasteiger partial charge in [0.15, 0.2) is 0 Å². The molecule has 1 unspecified atom stereocenters. The summed E-state index contributed by atoms with van der Waals surface area (Å²) >= 11 is 5.98. The van der Waals surface area contributed by atoms with Gasteiger partial charge in [0.1, 0.15) is 0 Å². The second-order valence-electron chi connectivity index (χ2n) is 7.12. The van der Waals surface area contributed by atoms with Crippen molar-refractivity contribution in [2.45, 2.75) is 45.2 Å². The number of carbonyl (C=O) groups is 1. The number of nitrogens with zero attached hydrogens (tertiary/aromatic N) is 3. The minimum atomic E-state index is 0. The lowest BCUT2D eigenvalue weighted by atomic mass is 10.0. The maximum absolute atomic E-state index is 11.8. The number of likely N-dealkylation sites (tertiary alicyclic amines) is 1. The number of aryl methyl sites for hydroxylation is 1. The van der Waals surface area contributed by atoms with Crippen molar-refractivity contribution in [2.75, 3.05) is 19.6 Å². The van der Waals surface area contributed by atoms with Crippen LogP contribution in [0.25, 0.3) is 5.69 Å². The largest absolute Gasteiger partial charge is 0.354 e. The minimum Gasteiger partial charge on any atom is -0.354 e. The number of halogens is 2. The van der Waals surface area contributed by atoms with E-state index in [1.165, 1.54) is 18.4 Å². The van der Waals surface area contributed by atoms with E-state index in [2.05, 4.69) is 21.5 Å². The minimum absolute atomic E-state index is 0. The van der Waals surface area contributed by atoms with Crippen LogP contribution in [0.3, 0.4) is 0 Å². The monoisotopic (exact) mass is 425 g/mol. The van der Waals surface area contributed by atoms with E-state index < -0.39 is 0 Å². The maximum atomic E-state index is 11.8. The Kier molecular flexibility index (Phi) is 8.76. The number of amides is 1. The Morgan fingerprint density at radius 2 is 2.07 bits per heavy atom. The molecule has 1 aliphatic rings. The fraction of sp³-hybridized carbons (Fsp3) is 0.500. The molecule has 3 N–H and O–H groups in total. The summed E-state index contributed by atoms with van der Waals surface area (Å²) in [5.41, 5.74) is 8.70. The van der Waals surface area contributed by atoms with E-state index in [-0.39, 0.29) is 18.3 Å². The number of benzene rings is 1. The van der Waals surface area contributed by atoms with Gasteiger partial charge in [-0.1, -0.05) is 18.0 Å². The Balaban J connectivity index is 0.00000280. The Morgan fingerprint density at radius 1 is 1.32 bits per heavy atom. The quantitative estimate of drug-likeness (QED) is 0.714. The van der Waals surface area contributed by atoms with E-state index in [9.17, 15) is 4.79 Å². The summed E-state index contributed by atoms with van der Waals surface area (Å²) in [6, 6.07) is 8.04. The zero-order chi connectivity index (χ0) is 19.2. The first-order chi connectivity index (χ1) is 13.1. The van der Waals surface area contributed by atoms with Gasteiger partial charge in [0.05, 0.1) is 11.4 Å². The van der Waals surface area contributed by atoms with E-state index in [4.69, 9.17) is 17.3 Å². The van der Waals surface area contributed by atoms with E-state index >= 15 is 0 Å². The van der Waals surface area contributed by atoms with Gasteiger partial charge in [-0.25, -0.2) is 4.68 Å². The number of piperidine rings is 1. The molecule has 0 aliphatic carbocycles. The van der Waals surface area contributed by atoms with Crippen molar-refractivity contribution in [3.8, 4) is 5.69 Å². The zero-order valence-corrected chi connectivity index (χ0v) is 17.8. The average Bonchev–Trinajstić information content (AvgIpc) is 3.02. The number of aromatic nitrogens is 2. The lowest BCUT2D eigenvalue weighted by Crippen LogP contribution is -2.46.